The van der Waals surface area contributed by atoms with Crippen molar-refractivity contribution in [2.45, 2.75) is 33.6 Å². The smallest absolute Gasteiger partial charge is 0.331 e. The summed E-state index contributed by atoms with van der Waals surface area (Å²) in [6.07, 6.45) is -0.839. The standard InChI is InChI=1S/C25H27ClN4O5/c1-15-11-17-12-19(9-10-20(17)35-15)27-22-28-23(32)30(14-25(2,3)21(31)34-4)24(33)29(22)13-16-5-7-18(26)8-6-16/h5-12,22,27H,13-14H2,1-4H3,(H,28,32). The number of esters is 1. The number of halogens is 1. The van der Waals surface area contributed by atoms with Gasteiger partial charge in [-0.1, -0.05) is 23.7 Å². The molecule has 1 aromatic heterocycles. The number of ether oxygens (including phenoxy) is 1. The second-order valence-corrected chi connectivity index (χ2v) is 9.54. The van der Waals surface area contributed by atoms with Crippen molar-refractivity contribution in [1.82, 2.24) is 15.1 Å². The van der Waals surface area contributed by atoms with Gasteiger partial charge in [0.2, 0.25) is 0 Å². The van der Waals surface area contributed by atoms with Crippen LogP contribution in [0.4, 0.5) is 15.3 Å². The molecule has 0 saturated carbocycles. The number of amides is 4. The van der Waals surface area contributed by atoms with Crippen molar-refractivity contribution in [3.8, 4) is 0 Å². The second kappa shape index (κ2) is 9.50. The molecule has 0 spiro atoms. The van der Waals surface area contributed by atoms with E-state index in [0.29, 0.717) is 10.7 Å². The highest BCUT2D eigenvalue weighted by atomic mass is 35.5. The van der Waals surface area contributed by atoms with E-state index in [1.54, 1.807) is 26.0 Å². The fourth-order valence-corrected chi connectivity index (χ4v) is 4.11. The highest BCUT2D eigenvalue weighted by Crippen LogP contribution is 2.26. The average molecular weight is 499 g/mol. The Balaban J connectivity index is 1.63. The van der Waals surface area contributed by atoms with Crippen molar-refractivity contribution in [3.63, 3.8) is 0 Å². The van der Waals surface area contributed by atoms with Gasteiger partial charge in [0, 0.05) is 22.6 Å². The number of benzene rings is 2. The van der Waals surface area contributed by atoms with Crippen LogP contribution < -0.4 is 10.6 Å². The average Bonchev–Trinajstić information content (AvgIpc) is 3.19. The van der Waals surface area contributed by atoms with Gasteiger partial charge in [0.05, 0.1) is 19.1 Å². The number of nitrogens with zero attached hydrogens (tertiary/aromatic N) is 2. The summed E-state index contributed by atoms with van der Waals surface area (Å²) in [7, 11) is 1.27. The maximum absolute atomic E-state index is 13.6. The highest BCUT2D eigenvalue weighted by Gasteiger charge is 2.43. The Hall–Kier alpha value is -3.72. The molecule has 0 aliphatic carbocycles. The van der Waals surface area contributed by atoms with Crippen LogP contribution in [0.25, 0.3) is 11.0 Å². The topological polar surface area (TPSA) is 104 Å². The van der Waals surface area contributed by atoms with Crippen LogP contribution in [0.2, 0.25) is 5.02 Å². The number of urea groups is 2. The number of aryl methyl sites for hydroxylation is 1. The van der Waals surface area contributed by atoms with Crippen molar-refractivity contribution in [2.24, 2.45) is 5.41 Å². The van der Waals surface area contributed by atoms with E-state index in [1.807, 2.05) is 43.3 Å². The molecule has 4 amide bonds. The van der Waals surface area contributed by atoms with Crippen molar-refractivity contribution in [3.05, 3.63) is 64.9 Å². The number of carbonyl (C=O) groups is 3. The summed E-state index contributed by atoms with van der Waals surface area (Å²) in [5.41, 5.74) is 1.17. The second-order valence-electron chi connectivity index (χ2n) is 9.10. The van der Waals surface area contributed by atoms with Crippen molar-refractivity contribution in [2.75, 3.05) is 19.0 Å². The third-order valence-corrected chi connectivity index (χ3v) is 6.05. The zero-order valence-electron chi connectivity index (χ0n) is 19.9. The largest absolute Gasteiger partial charge is 0.469 e. The molecule has 2 aromatic carbocycles. The maximum Gasteiger partial charge on any atom is 0.331 e. The molecule has 1 saturated heterocycles. The molecule has 1 unspecified atom stereocenters. The number of furan rings is 1. The first-order valence-electron chi connectivity index (χ1n) is 11.1. The normalized spacial score (nSPS) is 16.4. The predicted octanol–water partition coefficient (Wildman–Crippen LogP) is 4.94. The maximum atomic E-state index is 13.6. The Morgan fingerprint density at radius 2 is 1.89 bits per heavy atom. The van der Waals surface area contributed by atoms with Gasteiger partial charge in [-0.05, 0) is 62.7 Å². The minimum atomic E-state index is -1.09. The third kappa shape index (κ3) is 5.19. The summed E-state index contributed by atoms with van der Waals surface area (Å²) in [5.74, 6) is 0.262. The van der Waals surface area contributed by atoms with Crippen molar-refractivity contribution < 1.29 is 23.5 Å². The van der Waals surface area contributed by atoms with Crippen molar-refractivity contribution in [1.29, 1.82) is 0 Å². The number of anilines is 1. The Bertz CT molecular complexity index is 1270. The fourth-order valence-electron chi connectivity index (χ4n) is 3.98. The summed E-state index contributed by atoms with van der Waals surface area (Å²) in [4.78, 5) is 41.3. The van der Waals surface area contributed by atoms with E-state index in [4.69, 9.17) is 20.8 Å². The van der Waals surface area contributed by atoms with E-state index in [-0.39, 0.29) is 13.1 Å². The molecule has 2 N–H and O–H groups in total. The molecule has 0 bridgehead atoms. The lowest BCUT2D eigenvalue weighted by Crippen LogP contribution is -2.68. The first kappa shape index (κ1) is 24.4. The molecule has 1 atom stereocenters. The van der Waals surface area contributed by atoms with Gasteiger partial charge in [-0.3, -0.25) is 15.0 Å². The Kier molecular flexibility index (Phi) is 6.62. The van der Waals surface area contributed by atoms with Crippen LogP contribution in [0.15, 0.2) is 52.9 Å². The van der Waals surface area contributed by atoms with Crippen molar-refractivity contribution >= 4 is 46.3 Å². The van der Waals surface area contributed by atoms with Gasteiger partial charge in [0.1, 0.15) is 11.3 Å². The summed E-state index contributed by atoms with van der Waals surface area (Å²) in [6.45, 7) is 5.15. The van der Waals surface area contributed by atoms with Crippen LogP contribution in [0.1, 0.15) is 25.2 Å². The van der Waals surface area contributed by atoms with Gasteiger partial charge in [-0.25, -0.2) is 14.5 Å². The fraction of sp³-hybridized carbons (Fsp3) is 0.320. The van der Waals surface area contributed by atoms with Crippen LogP contribution in [0.3, 0.4) is 0 Å². The molecular formula is C25H27ClN4O5. The number of imide groups is 1. The van der Waals surface area contributed by atoms with Crippen LogP contribution in [-0.2, 0) is 16.1 Å². The molecular weight excluding hydrogens is 472 g/mol. The molecule has 3 aromatic rings. The van der Waals surface area contributed by atoms with E-state index in [9.17, 15) is 14.4 Å². The summed E-state index contributed by atoms with van der Waals surface area (Å²) >= 11 is 6.02. The minimum Gasteiger partial charge on any atom is -0.469 e. The number of hydrogen-bond donors (Lipinski definition) is 2. The van der Waals surface area contributed by atoms with Crippen LogP contribution in [0, 0.1) is 12.3 Å². The van der Waals surface area contributed by atoms with Gasteiger partial charge in [0.25, 0.3) is 0 Å². The SMILES string of the molecule is COC(=O)C(C)(C)CN1C(=O)NC(Nc2ccc3oc(C)cc3c2)N(Cc2ccc(Cl)cc2)C1=O. The van der Waals surface area contributed by atoms with E-state index < -0.39 is 29.7 Å². The molecule has 9 nitrogen and oxygen atoms in total. The quantitative estimate of drug-likeness (QED) is 0.447. The van der Waals surface area contributed by atoms with Gasteiger partial charge >= 0.3 is 18.0 Å². The lowest BCUT2D eigenvalue weighted by molar-refractivity contribution is -0.151. The van der Waals surface area contributed by atoms with Gasteiger partial charge in [-0.2, -0.15) is 0 Å². The number of fused-ring (bicyclic) bond motifs is 1. The van der Waals surface area contributed by atoms with E-state index in [2.05, 4.69) is 10.6 Å². The molecule has 0 radical (unpaired) electrons. The number of rotatable bonds is 7. The number of carbonyl (C=O) groups excluding carboxylic acids is 3. The zero-order valence-corrected chi connectivity index (χ0v) is 20.7. The number of nitrogens with one attached hydrogen (secondary N) is 2. The van der Waals surface area contributed by atoms with E-state index in [0.717, 1.165) is 27.2 Å². The van der Waals surface area contributed by atoms with Crippen LogP contribution in [-0.4, -0.2) is 47.8 Å². The predicted molar refractivity (Wildman–Crippen MR) is 132 cm³/mol. The summed E-state index contributed by atoms with van der Waals surface area (Å²) in [6, 6.07) is 13.4. The first-order chi connectivity index (χ1) is 16.6. The van der Waals surface area contributed by atoms with Gasteiger partial charge in [0.15, 0.2) is 6.29 Å². The summed E-state index contributed by atoms with van der Waals surface area (Å²) < 4.78 is 10.5. The lowest BCUT2D eigenvalue weighted by Gasteiger charge is -2.43. The molecule has 2 heterocycles. The molecule has 4 rings (SSSR count). The Morgan fingerprint density at radius 3 is 2.57 bits per heavy atom. The zero-order chi connectivity index (χ0) is 25.3. The molecule has 35 heavy (non-hydrogen) atoms. The number of hydrogen-bond acceptors (Lipinski definition) is 6. The molecule has 1 aliphatic rings. The third-order valence-electron chi connectivity index (χ3n) is 5.79. The Labute approximate surface area is 207 Å². The first-order valence-corrected chi connectivity index (χ1v) is 11.4. The van der Waals surface area contributed by atoms with Crippen LogP contribution >= 0.6 is 11.6 Å². The molecule has 184 valence electrons. The molecule has 10 heteroatoms. The lowest BCUT2D eigenvalue weighted by atomic mass is 9.93. The Morgan fingerprint density at radius 1 is 1.17 bits per heavy atom. The van der Waals surface area contributed by atoms with Gasteiger partial charge in [-0.15, -0.1) is 0 Å². The van der Waals surface area contributed by atoms with Crippen LogP contribution in [0.5, 0.6) is 0 Å². The summed E-state index contributed by atoms with van der Waals surface area (Å²) in [5, 5.41) is 7.54. The highest BCUT2D eigenvalue weighted by molar-refractivity contribution is 6.30. The minimum absolute atomic E-state index is 0.144. The van der Waals surface area contributed by atoms with E-state index in [1.165, 1.54) is 12.0 Å². The number of methoxy groups -OCH3 is 1. The molecule has 1 fully saturated rings. The molecule has 1 aliphatic heterocycles. The van der Waals surface area contributed by atoms with E-state index >= 15 is 0 Å². The van der Waals surface area contributed by atoms with Gasteiger partial charge < -0.3 is 14.5 Å². The monoisotopic (exact) mass is 498 g/mol.